The molecule has 1 heterocycles. The Labute approximate surface area is 75.7 Å². The van der Waals surface area contributed by atoms with Gasteiger partial charge in [0.05, 0.1) is 6.20 Å². The molecule has 62 valence electrons. The third-order valence-corrected chi connectivity index (χ3v) is 2.85. The summed E-state index contributed by atoms with van der Waals surface area (Å²) in [5.74, 6) is 0.544. The molecule has 1 rings (SSSR count). The number of hydrogen-bond acceptors (Lipinski definition) is 1. The number of nitrogens with zero attached hydrogens (tertiary/aromatic N) is 2. The van der Waals surface area contributed by atoms with Gasteiger partial charge in [-0.3, -0.25) is 4.68 Å². The fourth-order valence-corrected chi connectivity index (χ4v) is 1.64. The minimum Gasteiger partial charge on any atom is -0.272 e. The fraction of sp³-hybridized carbons (Fsp3) is 0.625. The van der Waals surface area contributed by atoms with Crippen LogP contribution in [0, 0.1) is 6.92 Å². The SMILES string of the molecule is Cc1cnn(C)c1C(C)CBr. The Morgan fingerprint density at radius 2 is 2.36 bits per heavy atom. The van der Waals surface area contributed by atoms with E-state index in [9.17, 15) is 0 Å². The number of halogens is 1. The summed E-state index contributed by atoms with van der Waals surface area (Å²) in [6.07, 6.45) is 1.91. The first-order valence-electron chi connectivity index (χ1n) is 3.71. The van der Waals surface area contributed by atoms with E-state index in [1.807, 2.05) is 17.9 Å². The molecule has 0 aliphatic rings. The molecular formula is C8H13BrN2. The summed E-state index contributed by atoms with van der Waals surface area (Å²) in [6.45, 7) is 4.29. The Bertz CT molecular complexity index is 223. The van der Waals surface area contributed by atoms with E-state index in [1.165, 1.54) is 11.3 Å². The molecule has 0 aromatic carbocycles. The van der Waals surface area contributed by atoms with E-state index in [-0.39, 0.29) is 0 Å². The van der Waals surface area contributed by atoms with Crippen molar-refractivity contribution in [1.82, 2.24) is 9.78 Å². The highest BCUT2D eigenvalue weighted by atomic mass is 79.9. The Morgan fingerprint density at radius 3 is 2.73 bits per heavy atom. The molecule has 3 heteroatoms. The van der Waals surface area contributed by atoms with Crippen molar-refractivity contribution in [2.24, 2.45) is 7.05 Å². The highest BCUT2D eigenvalue weighted by Crippen LogP contribution is 2.19. The van der Waals surface area contributed by atoms with Gasteiger partial charge >= 0.3 is 0 Å². The van der Waals surface area contributed by atoms with Crippen molar-refractivity contribution in [3.8, 4) is 0 Å². The monoisotopic (exact) mass is 216 g/mol. The smallest absolute Gasteiger partial charge is 0.0521 e. The van der Waals surface area contributed by atoms with E-state index in [1.54, 1.807) is 0 Å². The van der Waals surface area contributed by atoms with Crippen LogP contribution in [-0.4, -0.2) is 15.1 Å². The van der Waals surface area contributed by atoms with Crippen LogP contribution >= 0.6 is 15.9 Å². The first kappa shape index (κ1) is 8.78. The molecule has 1 unspecified atom stereocenters. The Balaban J connectivity index is 3.00. The molecule has 1 aromatic heterocycles. The first-order chi connectivity index (χ1) is 5.16. The molecule has 0 bridgehead atoms. The van der Waals surface area contributed by atoms with Gasteiger partial charge in [0.25, 0.3) is 0 Å². The summed E-state index contributed by atoms with van der Waals surface area (Å²) < 4.78 is 1.95. The van der Waals surface area contributed by atoms with Crippen molar-refractivity contribution in [2.75, 3.05) is 5.33 Å². The van der Waals surface area contributed by atoms with Crippen molar-refractivity contribution in [1.29, 1.82) is 0 Å². The number of aryl methyl sites for hydroxylation is 2. The normalized spacial score (nSPS) is 13.5. The first-order valence-corrected chi connectivity index (χ1v) is 4.83. The van der Waals surface area contributed by atoms with Crippen LogP contribution in [-0.2, 0) is 7.05 Å². The van der Waals surface area contributed by atoms with E-state index in [2.05, 4.69) is 34.9 Å². The van der Waals surface area contributed by atoms with Crippen LogP contribution in [0.3, 0.4) is 0 Å². The van der Waals surface area contributed by atoms with E-state index in [0.717, 1.165) is 5.33 Å². The van der Waals surface area contributed by atoms with Crippen LogP contribution in [0.4, 0.5) is 0 Å². The molecule has 0 fully saturated rings. The highest BCUT2D eigenvalue weighted by molar-refractivity contribution is 9.09. The molecule has 0 aliphatic carbocycles. The van der Waals surface area contributed by atoms with Crippen LogP contribution in [0.5, 0.6) is 0 Å². The lowest BCUT2D eigenvalue weighted by Crippen LogP contribution is -2.04. The largest absolute Gasteiger partial charge is 0.272 e. The maximum absolute atomic E-state index is 4.18. The highest BCUT2D eigenvalue weighted by Gasteiger charge is 2.10. The van der Waals surface area contributed by atoms with Gasteiger partial charge in [0.1, 0.15) is 0 Å². The van der Waals surface area contributed by atoms with Gasteiger partial charge in [-0.25, -0.2) is 0 Å². The van der Waals surface area contributed by atoms with Gasteiger partial charge in [0.15, 0.2) is 0 Å². The molecule has 2 nitrogen and oxygen atoms in total. The van der Waals surface area contributed by atoms with Gasteiger partial charge in [0, 0.05) is 24.0 Å². The number of alkyl halides is 1. The topological polar surface area (TPSA) is 17.8 Å². The number of aromatic nitrogens is 2. The van der Waals surface area contributed by atoms with Crippen molar-refractivity contribution in [3.63, 3.8) is 0 Å². The quantitative estimate of drug-likeness (QED) is 0.694. The van der Waals surface area contributed by atoms with Crippen molar-refractivity contribution < 1.29 is 0 Å². The predicted molar refractivity (Wildman–Crippen MR) is 50.2 cm³/mol. The van der Waals surface area contributed by atoms with Crippen LogP contribution in [0.2, 0.25) is 0 Å². The maximum Gasteiger partial charge on any atom is 0.0521 e. The molecule has 1 atom stereocenters. The Kier molecular flexibility index (Phi) is 2.71. The molecule has 0 saturated heterocycles. The summed E-state index contributed by atoms with van der Waals surface area (Å²) in [5.41, 5.74) is 2.60. The summed E-state index contributed by atoms with van der Waals surface area (Å²) >= 11 is 3.46. The molecule has 1 aromatic rings. The summed E-state index contributed by atoms with van der Waals surface area (Å²) in [7, 11) is 1.99. The molecule has 0 radical (unpaired) electrons. The lowest BCUT2D eigenvalue weighted by molar-refractivity contribution is 0.672. The van der Waals surface area contributed by atoms with Gasteiger partial charge in [-0.2, -0.15) is 5.10 Å². The molecule has 0 N–H and O–H groups in total. The van der Waals surface area contributed by atoms with Gasteiger partial charge in [-0.15, -0.1) is 0 Å². The zero-order valence-electron chi connectivity index (χ0n) is 7.13. The second kappa shape index (κ2) is 3.39. The van der Waals surface area contributed by atoms with Gasteiger partial charge in [-0.1, -0.05) is 22.9 Å². The zero-order valence-corrected chi connectivity index (χ0v) is 8.72. The van der Waals surface area contributed by atoms with Crippen LogP contribution in [0.25, 0.3) is 0 Å². The predicted octanol–water partition coefficient (Wildman–Crippen LogP) is 2.23. The van der Waals surface area contributed by atoms with Crippen LogP contribution in [0.1, 0.15) is 24.1 Å². The van der Waals surface area contributed by atoms with Gasteiger partial charge < -0.3 is 0 Å². The summed E-state index contributed by atoms with van der Waals surface area (Å²) in [4.78, 5) is 0. The number of hydrogen-bond donors (Lipinski definition) is 0. The fourth-order valence-electron chi connectivity index (χ4n) is 1.34. The minimum atomic E-state index is 0.544. The Morgan fingerprint density at radius 1 is 1.73 bits per heavy atom. The molecule has 0 amide bonds. The summed E-state index contributed by atoms with van der Waals surface area (Å²) in [6, 6.07) is 0. The van der Waals surface area contributed by atoms with Crippen molar-refractivity contribution in [3.05, 3.63) is 17.5 Å². The number of rotatable bonds is 2. The van der Waals surface area contributed by atoms with Gasteiger partial charge in [-0.05, 0) is 12.5 Å². The van der Waals surface area contributed by atoms with Crippen LogP contribution < -0.4 is 0 Å². The average molecular weight is 217 g/mol. The Hall–Kier alpha value is -0.310. The second-order valence-electron chi connectivity index (χ2n) is 2.89. The van der Waals surface area contributed by atoms with E-state index < -0.39 is 0 Å². The van der Waals surface area contributed by atoms with Gasteiger partial charge in [0.2, 0.25) is 0 Å². The maximum atomic E-state index is 4.18. The average Bonchev–Trinajstić information content (AvgIpc) is 2.30. The molecule has 11 heavy (non-hydrogen) atoms. The molecule has 0 aliphatic heterocycles. The molecule has 0 saturated carbocycles. The van der Waals surface area contributed by atoms with Crippen LogP contribution in [0.15, 0.2) is 6.20 Å². The van der Waals surface area contributed by atoms with E-state index in [0.29, 0.717) is 5.92 Å². The second-order valence-corrected chi connectivity index (χ2v) is 3.54. The van der Waals surface area contributed by atoms with Crippen molar-refractivity contribution in [2.45, 2.75) is 19.8 Å². The molecule has 0 spiro atoms. The lowest BCUT2D eigenvalue weighted by Gasteiger charge is -2.09. The van der Waals surface area contributed by atoms with E-state index >= 15 is 0 Å². The zero-order chi connectivity index (χ0) is 8.43. The van der Waals surface area contributed by atoms with Crippen molar-refractivity contribution >= 4 is 15.9 Å². The van der Waals surface area contributed by atoms with E-state index in [4.69, 9.17) is 0 Å². The standard InChI is InChI=1S/C8H13BrN2/c1-6(4-9)8-7(2)5-10-11(8)3/h5-6H,4H2,1-3H3. The lowest BCUT2D eigenvalue weighted by atomic mass is 10.1. The summed E-state index contributed by atoms with van der Waals surface area (Å²) in [5, 5.41) is 5.17. The third-order valence-electron chi connectivity index (χ3n) is 1.88. The minimum absolute atomic E-state index is 0.544. The molecular weight excluding hydrogens is 204 g/mol. The third kappa shape index (κ3) is 1.64.